The lowest BCUT2D eigenvalue weighted by Gasteiger charge is -2.31. The van der Waals surface area contributed by atoms with Crippen molar-refractivity contribution < 1.29 is 4.74 Å². The van der Waals surface area contributed by atoms with Crippen molar-refractivity contribution in [3.63, 3.8) is 0 Å². The molecule has 0 radical (unpaired) electrons. The first kappa shape index (κ1) is 17.1. The second kappa shape index (κ2) is 7.90. The normalized spacial score (nSPS) is 23.2. The van der Waals surface area contributed by atoms with E-state index in [0.717, 1.165) is 64.1 Å². The van der Waals surface area contributed by atoms with E-state index in [2.05, 4.69) is 42.0 Å². The molecular formula is C17H26N6OS. The van der Waals surface area contributed by atoms with E-state index in [-0.39, 0.29) is 0 Å². The van der Waals surface area contributed by atoms with Gasteiger partial charge in [0.2, 0.25) is 0 Å². The fourth-order valence-corrected chi connectivity index (χ4v) is 4.33. The number of piperidine rings is 1. The van der Waals surface area contributed by atoms with Crippen molar-refractivity contribution in [1.82, 2.24) is 29.5 Å². The number of aromatic nitrogens is 4. The van der Waals surface area contributed by atoms with E-state index in [0.29, 0.717) is 5.92 Å². The molecule has 2 aromatic heterocycles. The Bertz CT molecular complexity index is 667. The van der Waals surface area contributed by atoms with Crippen LogP contribution >= 0.6 is 11.3 Å². The number of nitrogens with zero attached hydrogens (tertiary/aromatic N) is 6. The summed E-state index contributed by atoms with van der Waals surface area (Å²) in [5.41, 5.74) is 3.09. The van der Waals surface area contributed by atoms with E-state index in [1.807, 2.05) is 5.51 Å². The van der Waals surface area contributed by atoms with Crippen molar-refractivity contribution in [3.8, 4) is 0 Å². The topological polar surface area (TPSA) is 59.3 Å². The molecule has 7 nitrogen and oxygen atoms in total. The summed E-state index contributed by atoms with van der Waals surface area (Å²) in [6.07, 6.45) is 2.40. The summed E-state index contributed by atoms with van der Waals surface area (Å²) in [6.45, 7) is 7.59. The predicted octanol–water partition coefficient (Wildman–Crippen LogP) is 1.48. The summed E-state index contributed by atoms with van der Waals surface area (Å²) < 4.78 is 7.64. The van der Waals surface area contributed by atoms with Crippen molar-refractivity contribution in [2.24, 2.45) is 7.05 Å². The zero-order valence-electron chi connectivity index (χ0n) is 14.8. The van der Waals surface area contributed by atoms with Gasteiger partial charge in [0.05, 0.1) is 31.0 Å². The third-order valence-corrected chi connectivity index (χ3v) is 5.84. The highest BCUT2D eigenvalue weighted by atomic mass is 32.1. The van der Waals surface area contributed by atoms with Crippen LogP contribution in [0.5, 0.6) is 0 Å². The summed E-state index contributed by atoms with van der Waals surface area (Å²) in [7, 11) is 2.12. The highest BCUT2D eigenvalue weighted by molar-refractivity contribution is 7.07. The van der Waals surface area contributed by atoms with Crippen molar-refractivity contribution >= 4 is 11.3 Å². The molecule has 0 spiro atoms. The third-order valence-electron chi connectivity index (χ3n) is 5.21. The average Bonchev–Trinajstić information content (AvgIpc) is 3.27. The standard InChI is InChI=1S/C17H26N6OS/c1-21-16(11-22-5-7-24-8-6-22)19-20-17(21)14-3-2-4-23(9-14)10-15-12-25-13-18-15/h12-14H,2-11H2,1H3/t14-/m1/s1. The lowest BCUT2D eigenvalue weighted by molar-refractivity contribution is 0.0326. The number of rotatable bonds is 5. The molecule has 4 rings (SSSR count). The molecule has 2 aromatic rings. The Morgan fingerprint density at radius 1 is 1.16 bits per heavy atom. The smallest absolute Gasteiger partial charge is 0.146 e. The van der Waals surface area contributed by atoms with Crippen LogP contribution in [0.15, 0.2) is 10.9 Å². The molecule has 8 heteroatoms. The van der Waals surface area contributed by atoms with Crippen LogP contribution in [0.25, 0.3) is 0 Å². The number of hydrogen-bond acceptors (Lipinski definition) is 7. The molecule has 0 saturated carbocycles. The van der Waals surface area contributed by atoms with Crippen LogP contribution in [-0.4, -0.2) is 68.9 Å². The fraction of sp³-hybridized carbons (Fsp3) is 0.706. The Kier molecular flexibility index (Phi) is 5.40. The fourth-order valence-electron chi connectivity index (χ4n) is 3.78. The summed E-state index contributed by atoms with van der Waals surface area (Å²) in [4.78, 5) is 9.32. The number of likely N-dealkylation sites (tertiary alicyclic amines) is 1. The molecule has 0 bridgehead atoms. The Morgan fingerprint density at radius 2 is 2.04 bits per heavy atom. The Balaban J connectivity index is 1.40. The number of ether oxygens (including phenoxy) is 1. The zero-order chi connectivity index (χ0) is 17.1. The monoisotopic (exact) mass is 362 g/mol. The zero-order valence-corrected chi connectivity index (χ0v) is 15.6. The molecule has 0 unspecified atom stereocenters. The summed E-state index contributed by atoms with van der Waals surface area (Å²) in [5, 5.41) is 11.2. The highest BCUT2D eigenvalue weighted by Crippen LogP contribution is 2.27. The van der Waals surface area contributed by atoms with Gasteiger partial charge in [0.15, 0.2) is 0 Å². The minimum atomic E-state index is 0.461. The van der Waals surface area contributed by atoms with Gasteiger partial charge in [-0.2, -0.15) is 0 Å². The summed E-state index contributed by atoms with van der Waals surface area (Å²) in [5.74, 6) is 2.66. The van der Waals surface area contributed by atoms with Crippen LogP contribution in [0.4, 0.5) is 0 Å². The van der Waals surface area contributed by atoms with Gasteiger partial charge in [-0.3, -0.25) is 9.80 Å². The SMILES string of the molecule is Cn1c(CN2CCOCC2)nnc1[C@@H]1CCCN(Cc2cscn2)C1. The van der Waals surface area contributed by atoms with Crippen molar-refractivity contribution in [1.29, 1.82) is 0 Å². The van der Waals surface area contributed by atoms with Crippen LogP contribution in [0, 0.1) is 0 Å². The first-order valence-corrected chi connectivity index (χ1v) is 10.0. The first-order chi connectivity index (χ1) is 12.3. The van der Waals surface area contributed by atoms with E-state index >= 15 is 0 Å². The second-order valence-corrected chi connectivity index (χ2v) is 7.69. The first-order valence-electron chi connectivity index (χ1n) is 9.07. The molecule has 0 aromatic carbocycles. The molecule has 2 aliphatic rings. The van der Waals surface area contributed by atoms with E-state index < -0.39 is 0 Å². The minimum absolute atomic E-state index is 0.461. The van der Waals surface area contributed by atoms with Gasteiger partial charge in [0.1, 0.15) is 11.6 Å². The molecule has 0 N–H and O–H groups in total. The maximum Gasteiger partial charge on any atom is 0.146 e. The van der Waals surface area contributed by atoms with Gasteiger partial charge in [-0.05, 0) is 19.4 Å². The molecule has 1 atom stereocenters. The Morgan fingerprint density at radius 3 is 2.84 bits per heavy atom. The van der Waals surface area contributed by atoms with Gasteiger partial charge in [-0.25, -0.2) is 4.98 Å². The van der Waals surface area contributed by atoms with Gasteiger partial charge in [0.25, 0.3) is 0 Å². The van der Waals surface area contributed by atoms with Crippen LogP contribution in [-0.2, 0) is 24.9 Å². The molecule has 25 heavy (non-hydrogen) atoms. The lowest BCUT2D eigenvalue weighted by atomic mass is 9.97. The van der Waals surface area contributed by atoms with Crippen LogP contribution in [0.1, 0.15) is 36.1 Å². The van der Waals surface area contributed by atoms with Gasteiger partial charge >= 0.3 is 0 Å². The van der Waals surface area contributed by atoms with Crippen LogP contribution in [0.2, 0.25) is 0 Å². The lowest BCUT2D eigenvalue weighted by Crippen LogP contribution is -2.36. The van der Waals surface area contributed by atoms with Gasteiger partial charge in [-0.1, -0.05) is 0 Å². The molecule has 4 heterocycles. The molecule has 2 aliphatic heterocycles. The third kappa shape index (κ3) is 4.08. The molecule has 2 saturated heterocycles. The summed E-state index contributed by atoms with van der Waals surface area (Å²) >= 11 is 1.67. The molecule has 2 fully saturated rings. The Labute approximate surface area is 152 Å². The molecule has 136 valence electrons. The second-order valence-electron chi connectivity index (χ2n) is 6.98. The van der Waals surface area contributed by atoms with Gasteiger partial charge in [-0.15, -0.1) is 21.5 Å². The van der Waals surface area contributed by atoms with E-state index in [4.69, 9.17) is 4.74 Å². The van der Waals surface area contributed by atoms with E-state index in [9.17, 15) is 0 Å². The van der Waals surface area contributed by atoms with E-state index in [1.165, 1.54) is 18.5 Å². The van der Waals surface area contributed by atoms with Crippen LogP contribution in [0.3, 0.4) is 0 Å². The molecule has 0 amide bonds. The largest absolute Gasteiger partial charge is 0.379 e. The Hall–Kier alpha value is -1.35. The average molecular weight is 363 g/mol. The summed E-state index contributed by atoms with van der Waals surface area (Å²) in [6, 6.07) is 0. The minimum Gasteiger partial charge on any atom is -0.379 e. The van der Waals surface area contributed by atoms with Crippen LogP contribution < -0.4 is 0 Å². The van der Waals surface area contributed by atoms with Crippen molar-refractivity contribution in [2.45, 2.75) is 31.8 Å². The van der Waals surface area contributed by atoms with Gasteiger partial charge < -0.3 is 9.30 Å². The maximum atomic E-state index is 5.43. The quantitative estimate of drug-likeness (QED) is 0.803. The van der Waals surface area contributed by atoms with E-state index in [1.54, 1.807) is 11.3 Å². The number of morpholine rings is 1. The van der Waals surface area contributed by atoms with Crippen molar-refractivity contribution in [3.05, 3.63) is 28.2 Å². The molecule has 0 aliphatic carbocycles. The predicted molar refractivity (Wildman–Crippen MR) is 96.5 cm³/mol. The molecular weight excluding hydrogens is 336 g/mol. The maximum absolute atomic E-state index is 5.43. The highest BCUT2D eigenvalue weighted by Gasteiger charge is 2.26. The number of hydrogen-bond donors (Lipinski definition) is 0. The van der Waals surface area contributed by atoms with Gasteiger partial charge in [0, 0.05) is 44.5 Å². The number of thiazole rings is 1. The van der Waals surface area contributed by atoms with Crippen molar-refractivity contribution in [2.75, 3.05) is 39.4 Å².